The highest BCUT2D eigenvalue weighted by Gasteiger charge is 2.65. The van der Waals surface area contributed by atoms with E-state index in [1.165, 1.54) is 25.2 Å². The van der Waals surface area contributed by atoms with Gasteiger partial charge in [-0.2, -0.15) is 0 Å². The van der Waals surface area contributed by atoms with Gasteiger partial charge in [0.1, 0.15) is 16.2 Å². The molecule has 170 valence electrons. The molecule has 3 rings (SSSR count). The smallest absolute Gasteiger partial charge is 0.310 e. The number of amides is 2. The number of nitrogens with zero attached hydrogens (tertiary/aromatic N) is 1. The summed E-state index contributed by atoms with van der Waals surface area (Å²) < 4.78 is 70.9. The van der Waals surface area contributed by atoms with Crippen molar-refractivity contribution >= 4 is 44.6 Å². The van der Waals surface area contributed by atoms with E-state index in [4.69, 9.17) is 4.74 Å². The summed E-state index contributed by atoms with van der Waals surface area (Å²) in [5.41, 5.74) is -1.77. The lowest BCUT2D eigenvalue weighted by Gasteiger charge is -2.41. The summed E-state index contributed by atoms with van der Waals surface area (Å²) in [6.07, 6.45) is 0. The van der Waals surface area contributed by atoms with Crippen LogP contribution in [-0.4, -0.2) is 29.0 Å². The first kappa shape index (κ1) is 23.1. The van der Waals surface area contributed by atoms with Crippen molar-refractivity contribution in [1.82, 2.24) is 4.90 Å². The molecule has 31 heavy (non-hydrogen) atoms. The molecule has 0 fully saturated rings. The first-order valence-corrected chi connectivity index (χ1v) is 11.7. The van der Waals surface area contributed by atoms with Gasteiger partial charge in [-0.05, 0) is 50.4 Å². The molecule has 0 unspecified atom stereocenters. The molecule has 0 saturated carbocycles. The van der Waals surface area contributed by atoms with Crippen LogP contribution in [0.5, 0.6) is 0 Å². The van der Waals surface area contributed by atoms with Gasteiger partial charge in [0.25, 0.3) is 5.91 Å². The molecule has 1 aliphatic heterocycles. The van der Waals surface area contributed by atoms with Gasteiger partial charge >= 0.3 is 10.2 Å². The normalized spacial score (nSPS) is 17.7. The molecule has 1 aliphatic rings. The van der Waals surface area contributed by atoms with Crippen LogP contribution in [0.2, 0.25) is 0 Å². The third-order valence-electron chi connectivity index (χ3n) is 4.76. The van der Waals surface area contributed by atoms with Crippen molar-refractivity contribution in [3.63, 3.8) is 0 Å². The van der Waals surface area contributed by atoms with Gasteiger partial charge in [-0.25, -0.2) is 0 Å². The Morgan fingerprint density at radius 3 is 2.42 bits per heavy atom. The molecule has 12 heteroatoms. The Balaban J connectivity index is 1.87. The maximum Gasteiger partial charge on any atom is 0.310 e. The SMILES string of the molecule is CC1=C(c2cccs2)C(=O)N(C(C)(C)C(=O)Nc2cccc(S(F)(F)(F)(F)F)c2)CO1. The molecule has 0 bridgehead atoms. The number of benzene rings is 1. The molecule has 0 saturated heterocycles. The van der Waals surface area contributed by atoms with Crippen LogP contribution >= 0.6 is 21.6 Å². The van der Waals surface area contributed by atoms with Crippen molar-refractivity contribution in [1.29, 1.82) is 0 Å². The van der Waals surface area contributed by atoms with Gasteiger partial charge in [0.15, 0.2) is 6.73 Å². The Bertz CT molecular complexity index is 1080. The molecule has 2 aromatic rings. The molecular formula is C19H19F5N2O3S2. The number of hydrogen-bond donors (Lipinski definition) is 1. The van der Waals surface area contributed by atoms with Crippen molar-refractivity contribution < 1.29 is 33.8 Å². The van der Waals surface area contributed by atoms with Crippen molar-refractivity contribution in [3.05, 3.63) is 52.4 Å². The average Bonchev–Trinajstić information content (AvgIpc) is 3.14. The summed E-state index contributed by atoms with van der Waals surface area (Å²) in [5, 5.41) is 3.96. The summed E-state index contributed by atoms with van der Waals surface area (Å²) >= 11 is 1.30. The van der Waals surface area contributed by atoms with Crippen molar-refractivity contribution in [2.75, 3.05) is 12.0 Å². The molecule has 1 aromatic carbocycles. The number of thiophene rings is 1. The van der Waals surface area contributed by atoms with E-state index >= 15 is 0 Å². The lowest BCUT2D eigenvalue weighted by atomic mass is 9.99. The van der Waals surface area contributed by atoms with Crippen molar-refractivity contribution in [2.45, 2.75) is 31.2 Å². The highest BCUT2D eigenvalue weighted by Crippen LogP contribution is 3.02. The molecule has 0 atom stereocenters. The predicted molar refractivity (Wildman–Crippen MR) is 110 cm³/mol. The topological polar surface area (TPSA) is 58.6 Å². The Kier molecular flexibility index (Phi) is 4.98. The van der Waals surface area contributed by atoms with Gasteiger partial charge in [-0.1, -0.05) is 31.6 Å². The minimum absolute atomic E-state index is 0.172. The molecule has 1 aromatic heterocycles. The number of carbonyl (C=O) groups excluding carboxylic acids is 2. The van der Waals surface area contributed by atoms with E-state index in [-0.39, 0.29) is 24.4 Å². The number of halogens is 5. The Morgan fingerprint density at radius 1 is 1.16 bits per heavy atom. The zero-order chi connectivity index (χ0) is 23.3. The minimum Gasteiger partial charge on any atom is -0.477 e. The predicted octanol–water partition coefficient (Wildman–Crippen LogP) is 6.37. The van der Waals surface area contributed by atoms with E-state index in [1.54, 1.807) is 24.4 Å². The maximum atomic E-state index is 13.1. The van der Waals surface area contributed by atoms with Crippen LogP contribution in [0.25, 0.3) is 5.57 Å². The van der Waals surface area contributed by atoms with Gasteiger partial charge in [-0.15, -0.1) is 11.3 Å². The van der Waals surface area contributed by atoms with Crippen LogP contribution in [0.1, 0.15) is 25.6 Å². The van der Waals surface area contributed by atoms with Gasteiger partial charge in [0.2, 0.25) is 5.91 Å². The third kappa shape index (κ3) is 4.69. The number of anilines is 1. The van der Waals surface area contributed by atoms with Crippen molar-refractivity contribution in [2.24, 2.45) is 0 Å². The molecule has 0 radical (unpaired) electrons. The summed E-state index contributed by atoms with van der Waals surface area (Å²) in [7, 11) is -9.91. The van der Waals surface area contributed by atoms with Gasteiger partial charge in [0, 0.05) is 10.6 Å². The first-order chi connectivity index (χ1) is 14.0. The summed E-state index contributed by atoms with van der Waals surface area (Å²) in [5.74, 6) is -0.982. The second-order valence-corrected chi connectivity index (χ2v) is 10.8. The zero-order valence-corrected chi connectivity index (χ0v) is 18.3. The second-order valence-electron chi connectivity index (χ2n) is 7.43. The number of allylic oxidation sites excluding steroid dienone is 1. The highest BCUT2D eigenvalue weighted by atomic mass is 32.5. The van der Waals surface area contributed by atoms with E-state index in [9.17, 15) is 29.0 Å². The number of carbonyl (C=O) groups is 2. The van der Waals surface area contributed by atoms with Gasteiger partial charge in [-0.3, -0.25) is 14.5 Å². The molecule has 5 nitrogen and oxygen atoms in total. The summed E-state index contributed by atoms with van der Waals surface area (Å²) in [4.78, 5) is 25.6. The Labute approximate surface area is 179 Å². The number of rotatable bonds is 5. The molecule has 2 amide bonds. The number of nitrogens with one attached hydrogen (secondary N) is 1. The largest absolute Gasteiger partial charge is 0.477 e. The molecule has 2 heterocycles. The fourth-order valence-corrected chi connectivity index (χ4v) is 4.41. The fourth-order valence-electron chi connectivity index (χ4n) is 2.91. The van der Waals surface area contributed by atoms with E-state index in [1.807, 2.05) is 0 Å². The summed E-state index contributed by atoms with van der Waals surface area (Å²) in [6.45, 7) is 4.11. The highest BCUT2D eigenvalue weighted by molar-refractivity contribution is 8.45. The number of hydrogen-bond acceptors (Lipinski definition) is 4. The van der Waals surface area contributed by atoms with E-state index in [2.05, 4.69) is 5.32 Å². The lowest BCUT2D eigenvalue weighted by molar-refractivity contribution is -0.147. The van der Waals surface area contributed by atoms with Crippen LogP contribution < -0.4 is 5.32 Å². The fraction of sp³-hybridized carbons (Fsp3) is 0.263. The molecule has 0 spiro atoms. The van der Waals surface area contributed by atoms with E-state index in [0.717, 1.165) is 17.0 Å². The van der Waals surface area contributed by atoms with Crippen LogP contribution in [0, 0.1) is 0 Å². The minimum atomic E-state index is -9.91. The van der Waals surface area contributed by atoms with E-state index in [0.29, 0.717) is 10.6 Å². The molecular weight excluding hydrogens is 463 g/mol. The number of ether oxygens (including phenoxy) is 1. The standard InChI is InChI=1S/C19H19F5N2O3S2/c1-12-16(15-8-5-9-30-15)17(27)26(11-29-12)19(2,3)18(28)25-13-6-4-7-14(10-13)31(20,21,22,23)24/h4-10H,11H2,1-3H3,(H,25,28). The zero-order valence-electron chi connectivity index (χ0n) is 16.6. The first-order valence-electron chi connectivity index (χ1n) is 8.86. The maximum absolute atomic E-state index is 13.1. The lowest BCUT2D eigenvalue weighted by Crippen LogP contribution is -2.57. The summed E-state index contributed by atoms with van der Waals surface area (Å²) in [6, 6.07) is 5.70. The van der Waals surface area contributed by atoms with E-state index < -0.39 is 38.2 Å². The second kappa shape index (κ2) is 6.70. The van der Waals surface area contributed by atoms with Gasteiger partial charge in [0.05, 0.1) is 5.57 Å². The average molecular weight is 482 g/mol. The third-order valence-corrected chi connectivity index (χ3v) is 6.79. The van der Waals surface area contributed by atoms with Crippen LogP contribution in [0.3, 0.4) is 0 Å². The van der Waals surface area contributed by atoms with Crippen molar-refractivity contribution in [3.8, 4) is 0 Å². The van der Waals surface area contributed by atoms with Gasteiger partial charge < -0.3 is 10.1 Å². The Hall–Kier alpha value is -2.60. The molecule has 0 aliphatic carbocycles. The van der Waals surface area contributed by atoms with Crippen LogP contribution in [-0.2, 0) is 14.3 Å². The molecule has 1 N–H and O–H groups in total. The Morgan fingerprint density at radius 2 is 1.84 bits per heavy atom. The van der Waals surface area contributed by atoms with Crippen LogP contribution in [0.4, 0.5) is 25.1 Å². The quantitative estimate of drug-likeness (QED) is 0.504. The van der Waals surface area contributed by atoms with Crippen LogP contribution in [0.15, 0.2) is 52.4 Å². The monoisotopic (exact) mass is 482 g/mol.